The standard InChI is InChI=1S/C13H16N2O8S/c1-22-10-4-3-8(13(19)23-7-12(17)18)5-9(10)15(6-11(14)16)24(2,20)21/h3-5H,6-7H2,1-2H3,(H2,14,16)(H,17,18). The molecule has 3 N–H and O–H groups in total. The second kappa shape index (κ2) is 7.64. The minimum absolute atomic E-state index is 0.0662. The molecule has 0 unspecified atom stereocenters. The zero-order chi connectivity index (χ0) is 18.5. The molecule has 0 saturated carbocycles. The average Bonchev–Trinajstić information content (AvgIpc) is 2.48. The summed E-state index contributed by atoms with van der Waals surface area (Å²) in [6, 6.07) is 3.65. The molecule has 0 aliphatic heterocycles. The molecule has 11 heteroatoms. The Morgan fingerprint density at radius 2 is 1.92 bits per heavy atom. The van der Waals surface area contributed by atoms with Crippen LogP contribution in [-0.2, 0) is 24.3 Å². The maximum absolute atomic E-state index is 11.9. The highest BCUT2D eigenvalue weighted by atomic mass is 32.2. The van der Waals surface area contributed by atoms with Gasteiger partial charge in [0, 0.05) is 0 Å². The van der Waals surface area contributed by atoms with Gasteiger partial charge in [0.05, 0.1) is 24.6 Å². The molecule has 0 bridgehead atoms. The normalized spacial score (nSPS) is 10.8. The molecule has 1 rings (SSSR count). The highest BCUT2D eigenvalue weighted by molar-refractivity contribution is 7.92. The third kappa shape index (κ3) is 5.12. The van der Waals surface area contributed by atoms with Crippen molar-refractivity contribution in [2.75, 3.05) is 30.8 Å². The molecule has 132 valence electrons. The SMILES string of the molecule is COc1ccc(C(=O)OCC(=O)O)cc1N(CC(N)=O)S(C)(=O)=O. The molecule has 1 aromatic carbocycles. The first-order valence-electron chi connectivity index (χ1n) is 6.39. The van der Waals surface area contributed by atoms with E-state index in [4.69, 9.17) is 15.6 Å². The molecular weight excluding hydrogens is 344 g/mol. The van der Waals surface area contributed by atoms with Gasteiger partial charge in [-0.15, -0.1) is 0 Å². The van der Waals surface area contributed by atoms with Crippen LogP contribution in [-0.4, -0.2) is 57.9 Å². The number of carbonyl (C=O) groups is 3. The summed E-state index contributed by atoms with van der Waals surface area (Å²) in [6.07, 6.45) is 0.852. The maximum Gasteiger partial charge on any atom is 0.341 e. The minimum Gasteiger partial charge on any atom is -0.495 e. The number of nitrogens with two attached hydrogens (primary N) is 1. The second-order valence-electron chi connectivity index (χ2n) is 4.59. The van der Waals surface area contributed by atoms with Gasteiger partial charge in [0.1, 0.15) is 12.3 Å². The van der Waals surface area contributed by atoms with E-state index in [1.165, 1.54) is 19.2 Å². The Hall–Kier alpha value is -2.82. The van der Waals surface area contributed by atoms with Gasteiger partial charge in [-0.1, -0.05) is 0 Å². The number of hydrogen-bond acceptors (Lipinski definition) is 7. The first kappa shape index (κ1) is 19.2. The summed E-state index contributed by atoms with van der Waals surface area (Å²) < 4.78 is 34.0. The number of methoxy groups -OCH3 is 1. The van der Waals surface area contributed by atoms with E-state index in [1.54, 1.807) is 0 Å². The summed E-state index contributed by atoms with van der Waals surface area (Å²) in [5, 5.41) is 8.50. The summed E-state index contributed by atoms with van der Waals surface area (Å²) in [7, 11) is -2.64. The highest BCUT2D eigenvalue weighted by Gasteiger charge is 2.24. The number of carboxylic acid groups (broad SMARTS) is 1. The van der Waals surface area contributed by atoms with Crippen LogP contribution in [0.1, 0.15) is 10.4 Å². The molecule has 0 heterocycles. The van der Waals surface area contributed by atoms with Crippen LogP contribution in [0.5, 0.6) is 5.75 Å². The lowest BCUT2D eigenvalue weighted by Gasteiger charge is -2.23. The van der Waals surface area contributed by atoms with Gasteiger partial charge in [0.25, 0.3) is 0 Å². The van der Waals surface area contributed by atoms with Crippen molar-refractivity contribution in [2.45, 2.75) is 0 Å². The van der Waals surface area contributed by atoms with Crippen LogP contribution < -0.4 is 14.8 Å². The van der Waals surface area contributed by atoms with Gasteiger partial charge in [-0.2, -0.15) is 0 Å². The average molecular weight is 360 g/mol. The van der Waals surface area contributed by atoms with Crippen molar-refractivity contribution in [3.8, 4) is 5.75 Å². The number of sulfonamides is 1. The van der Waals surface area contributed by atoms with Crippen LogP contribution in [0.25, 0.3) is 0 Å². The van der Waals surface area contributed by atoms with E-state index in [0.29, 0.717) is 4.31 Å². The van der Waals surface area contributed by atoms with E-state index in [2.05, 4.69) is 4.74 Å². The Bertz CT molecular complexity index is 759. The molecule has 0 spiro atoms. The summed E-state index contributed by atoms with van der Waals surface area (Å²) in [5.74, 6) is -3.17. The molecule has 0 radical (unpaired) electrons. The number of esters is 1. The number of amides is 1. The summed E-state index contributed by atoms with van der Waals surface area (Å²) >= 11 is 0. The summed E-state index contributed by atoms with van der Waals surface area (Å²) in [6.45, 7) is -1.51. The number of benzene rings is 1. The van der Waals surface area contributed by atoms with Gasteiger partial charge in [-0.25, -0.2) is 18.0 Å². The first-order chi connectivity index (χ1) is 11.1. The lowest BCUT2D eigenvalue weighted by Crippen LogP contribution is -2.38. The summed E-state index contributed by atoms with van der Waals surface area (Å²) in [4.78, 5) is 33.4. The molecule has 1 amide bonds. The van der Waals surface area contributed by atoms with Crippen molar-refractivity contribution in [3.63, 3.8) is 0 Å². The van der Waals surface area contributed by atoms with Gasteiger partial charge in [-0.3, -0.25) is 9.10 Å². The number of nitrogens with zero attached hydrogens (tertiary/aromatic N) is 1. The molecule has 0 fully saturated rings. The number of carbonyl (C=O) groups excluding carboxylic acids is 2. The Balaban J connectivity index is 3.33. The van der Waals surface area contributed by atoms with Crippen molar-refractivity contribution in [2.24, 2.45) is 5.73 Å². The van der Waals surface area contributed by atoms with Crippen molar-refractivity contribution < 1.29 is 37.4 Å². The van der Waals surface area contributed by atoms with Crippen LogP contribution in [0, 0.1) is 0 Å². The van der Waals surface area contributed by atoms with Crippen molar-refractivity contribution in [3.05, 3.63) is 23.8 Å². The quantitative estimate of drug-likeness (QED) is 0.571. The highest BCUT2D eigenvalue weighted by Crippen LogP contribution is 2.31. The smallest absolute Gasteiger partial charge is 0.341 e. The molecule has 10 nitrogen and oxygen atoms in total. The molecule has 0 aliphatic carbocycles. The number of hydrogen-bond donors (Lipinski definition) is 2. The first-order valence-corrected chi connectivity index (χ1v) is 8.24. The summed E-state index contributed by atoms with van der Waals surface area (Å²) in [5.41, 5.74) is 4.83. The van der Waals surface area contributed by atoms with E-state index >= 15 is 0 Å². The number of anilines is 1. The number of primary amides is 1. The van der Waals surface area contributed by atoms with Gasteiger partial charge in [-0.05, 0) is 18.2 Å². The van der Waals surface area contributed by atoms with Crippen LogP contribution in [0.4, 0.5) is 5.69 Å². The molecule has 0 saturated heterocycles. The fraction of sp³-hybridized carbons (Fsp3) is 0.308. The van der Waals surface area contributed by atoms with E-state index < -0.39 is 41.0 Å². The fourth-order valence-corrected chi connectivity index (χ4v) is 2.61. The maximum atomic E-state index is 11.9. The van der Waals surface area contributed by atoms with E-state index in [1.807, 2.05) is 0 Å². The lowest BCUT2D eigenvalue weighted by atomic mass is 10.2. The predicted octanol–water partition coefficient (Wildman–Crippen LogP) is -0.812. The zero-order valence-corrected chi connectivity index (χ0v) is 13.7. The second-order valence-corrected chi connectivity index (χ2v) is 6.50. The molecule has 1 aromatic rings. The molecule has 0 atom stereocenters. The zero-order valence-electron chi connectivity index (χ0n) is 12.9. The van der Waals surface area contributed by atoms with Crippen molar-refractivity contribution >= 4 is 33.6 Å². The number of aliphatic carboxylic acids is 1. The molecule has 0 aromatic heterocycles. The van der Waals surface area contributed by atoms with Gasteiger partial charge in [0.2, 0.25) is 15.9 Å². The Morgan fingerprint density at radius 1 is 1.29 bits per heavy atom. The van der Waals surface area contributed by atoms with Crippen molar-refractivity contribution in [1.29, 1.82) is 0 Å². The Kier molecular flexibility index (Phi) is 6.12. The Labute approximate surface area is 137 Å². The third-order valence-electron chi connectivity index (χ3n) is 2.71. The fourth-order valence-electron chi connectivity index (χ4n) is 1.75. The molecular formula is C13H16N2O8S. The largest absolute Gasteiger partial charge is 0.495 e. The van der Waals surface area contributed by atoms with Gasteiger partial charge >= 0.3 is 11.9 Å². The van der Waals surface area contributed by atoms with Crippen molar-refractivity contribution in [1.82, 2.24) is 0 Å². The lowest BCUT2D eigenvalue weighted by molar-refractivity contribution is -0.140. The van der Waals surface area contributed by atoms with Crippen LogP contribution in [0.15, 0.2) is 18.2 Å². The van der Waals surface area contributed by atoms with Crippen LogP contribution in [0.3, 0.4) is 0 Å². The predicted molar refractivity (Wildman–Crippen MR) is 82.3 cm³/mol. The molecule has 0 aliphatic rings. The molecule has 24 heavy (non-hydrogen) atoms. The number of rotatable bonds is 8. The topological polar surface area (TPSA) is 153 Å². The number of ether oxygens (including phenoxy) is 2. The monoisotopic (exact) mass is 360 g/mol. The van der Waals surface area contributed by atoms with Crippen LogP contribution in [0.2, 0.25) is 0 Å². The minimum atomic E-state index is -3.91. The van der Waals surface area contributed by atoms with Crippen LogP contribution >= 0.6 is 0 Å². The Morgan fingerprint density at radius 3 is 2.38 bits per heavy atom. The number of carboxylic acids is 1. The van der Waals surface area contributed by atoms with Gasteiger partial charge < -0.3 is 20.3 Å². The van der Waals surface area contributed by atoms with E-state index in [-0.39, 0.29) is 17.0 Å². The van der Waals surface area contributed by atoms with Gasteiger partial charge in [0.15, 0.2) is 6.61 Å². The van der Waals surface area contributed by atoms with E-state index in [9.17, 15) is 22.8 Å². The van der Waals surface area contributed by atoms with E-state index in [0.717, 1.165) is 12.3 Å². The third-order valence-corrected chi connectivity index (χ3v) is 3.84.